The fourth-order valence-electron chi connectivity index (χ4n) is 4.70. The molecule has 1 aliphatic carbocycles. The van der Waals surface area contributed by atoms with E-state index in [-0.39, 0.29) is 23.9 Å². The second-order valence-corrected chi connectivity index (χ2v) is 8.54. The van der Waals surface area contributed by atoms with E-state index in [1.165, 1.54) is 5.56 Å². The Kier molecular flexibility index (Phi) is 6.82. The van der Waals surface area contributed by atoms with Crippen LogP contribution in [0.15, 0.2) is 48.8 Å². The van der Waals surface area contributed by atoms with Crippen molar-refractivity contribution < 1.29 is 9.59 Å². The van der Waals surface area contributed by atoms with Gasteiger partial charge in [-0.15, -0.1) is 0 Å². The largest absolute Gasteiger partial charge is 0.354 e. The molecule has 2 heterocycles. The number of anilines is 1. The minimum Gasteiger partial charge on any atom is -0.354 e. The fraction of sp³-hybridized carbons (Fsp3) is 0.458. The van der Waals surface area contributed by atoms with E-state index in [4.69, 9.17) is 5.73 Å². The predicted octanol–water partition coefficient (Wildman–Crippen LogP) is 2.89. The summed E-state index contributed by atoms with van der Waals surface area (Å²) in [6, 6.07) is 11.6. The van der Waals surface area contributed by atoms with E-state index in [1.54, 1.807) is 24.5 Å². The van der Waals surface area contributed by atoms with Crippen molar-refractivity contribution in [3.05, 3.63) is 59.9 Å². The Hall–Kier alpha value is -2.93. The van der Waals surface area contributed by atoms with Gasteiger partial charge in [0.1, 0.15) is 0 Å². The van der Waals surface area contributed by atoms with E-state index in [0.717, 1.165) is 43.4 Å². The van der Waals surface area contributed by atoms with Crippen molar-refractivity contribution in [1.82, 2.24) is 15.2 Å². The third kappa shape index (κ3) is 5.22. The molecule has 0 spiro atoms. The van der Waals surface area contributed by atoms with Crippen LogP contribution in [0.3, 0.4) is 0 Å². The van der Waals surface area contributed by atoms with Gasteiger partial charge >= 0.3 is 6.03 Å². The summed E-state index contributed by atoms with van der Waals surface area (Å²) in [5, 5.41) is 5.99. The van der Waals surface area contributed by atoms with Gasteiger partial charge in [-0.25, -0.2) is 4.79 Å². The maximum Gasteiger partial charge on any atom is 0.321 e. The summed E-state index contributed by atoms with van der Waals surface area (Å²) in [5.41, 5.74) is 9.61. The van der Waals surface area contributed by atoms with Gasteiger partial charge in [-0.2, -0.15) is 0 Å². The molecule has 0 bridgehead atoms. The summed E-state index contributed by atoms with van der Waals surface area (Å²) in [4.78, 5) is 31.0. The number of hydrogen-bond acceptors (Lipinski definition) is 4. The van der Waals surface area contributed by atoms with Gasteiger partial charge in [-0.1, -0.05) is 24.3 Å². The quantitative estimate of drug-likeness (QED) is 0.691. The van der Waals surface area contributed by atoms with Crippen molar-refractivity contribution in [3.8, 4) is 0 Å². The summed E-state index contributed by atoms with van der Waals surface area (Å²) in [5.74, 6) is 0.302. The van der Waals surface area contributed by atoms with Crippen molar-refractivity contribution in [2.45, 2.75) is 44.1 Å². The second-order valence-electron chi connectivity index (χ2n) is 8.54. The Bertz CT molecular complexity index is 896. The van der Waals surface area contributed by atoms with Gasteiger partial charge in [0.25, 0.3) is 0 Å². The Morgan fingerprint density at radius 2 is 1.84 bits per heavy atom. The molecule has 1 aliphatic heterocycles. The Morgan fingerprint density at radius 1 is 1.10 bits per heavy atom. The third-order valence-corrected chi connectivity index (χ3v) is 6.56. The number of amides is 3. The smallest absolute Gasteiger partial charge is 0.321 e. The molecule has 3 amide bonds. The van der Waals surface area contributed by atoms with Crippen molar-refractivity contribution >= 4 is 17.6 Å². The van der Waals surface area contributed by atoms with Gasteiger partial charge in [-0.3, -0.25) is 9.78 Å². The monoisotopic (exact) mass is 421 g/mol. The molecule has 1 saturated heterocycles. The van der Waals surface area contributed by atoms with Crippen LogP contribution in [0, 0.1) is 5.92 Å². The van der Waals surface area contributed by atoms with Crippen LogP contribution in [0.2, 0.25) is 0 Å². The number of aryl methyl sites for hydroxylation is 1. The number of carbonyl (C=O) groups excluding carboxylic acids is 2. The van der Waals surface area contributed by atoms with E-state index in [1.807, 2.05) is 17.0 Å². The zero-order valence-corrected chi connectivity index (χ0v) is 17.8. The molecule has 1 fully saturated rings. The van der Waals surface area contributed by atoms with Crippen LogP contribution in [0.4, 0.5) is 10.5 Å². The van der Waals surface area contributed by atoms with E-state index >= 15 is 0 Å². The van der Waals surface area contributed by atoms with Gasteiger partial charge in [0.15, 0.2) is 0 Å². The molecular formula is C24H31N5O2. The maximum atomic E-state index is 12.8. The molecule has 7 nitrogen and oxygen atoms in total. The number of likely N-dealkylation sites (tertiary alicyclic amines) is 1. The average molecular weight is 422 g/mol. The molecule has 7 heteroatoms. The first-order valence-electron chi connectivity index (χ1n) is 11.2. The number of hydrogen-bond donors (Lipinski definition) is 3. The summed E-state index contributed by atoms with van der Waals surface area (Å²) in [6.45, 7) is 1.81. The molecule has 0 saturated carbocycles. The topological polar surface area (TPSA) is 100 Å². The molecule has 164 valence electrons. The average Bonchev–Trinajstić information content (AvgIpc) is 2.82. The highest BCUT2D eigenvalue weighted by molar-refractivity contribution is 5.89. The van der Waals surface area contributed by atoms with Crippen LogP contribution in [-0.4, -0.2) is 47.5 Å². The first-order chi connectivity index (χ1) is 15.1. The SMILES string of the molecule is NC(CNC(=O)C1CCCc2ccccc21)C1CCN(C(=O)Nc2ccncc2)CC1. The summed E-state index contributed by atoms with van der Waals surface area (Å²) in [7, 11) is 0. The van der Waals surface area contributed by atoms with Crippen molar-refractivity contribution in [2.24, 2.45) is 11.7 Å². The van der Waals surface area contributed by atoms with Gasteiger partial charge < -0.3 is 21.3 Å². The van der Waals surface area contributed by atoms with E-state index < -0.39 is 0 Å². The standard InChI is InChI=1S/C24H31N5O2/c25-22(16-27-23(30)21-7-3-5-17-4-1-2-6-20(17)21)18-10-14-29(15-11-18)24(31)28-19-8-12-26-13-9-19/h1-2,4,6,8-9,12-13,18,21-22H,3,5,7,10-11,14-16,25H2,(H,27,30)(H,26,28,31). The van der Waals surface area contributed by atoms with Gasteiger partial charge in [0.05, 0.1) is 5.92 Å². The fourth-order valence-corrected chi connectivity index (χ4v) is 4.70. The molecule has 31 heavy (non-hydrogen) atoms. The molecular weight excluding hydrogens is 390 g/mol. The number of rotatable bonds is 5. The lowest BCUT2D eigenvalue weighted by Crippen LogP contribution is -2.49. The summed E-state index contributed by atoms with van der Waals surface area (Å²) >= 11 is 0. The Morgan fingerprint density at radius 3 is 2.61 bits per heavy atom. The summed E-state index contributed by atoms with van der Waals surface area (Å²) < 4.78 is 0. The predicted molar refractivity (Wildman–Crippen MR) is 121 cm³/mol. The molecule has 2 atom stereocenters. The van der Waals surface area contributed by atoms with Gasteiger partial charge in [0.2, 0.25) is 5.91 Å². The summed E-state index contributed by atoms with van der Waals surface area (Å²) in [6.07, 6.45) is 7.97. The number of urea groups is 1. The lowest BCUT2D eigenvalue weighted by atomic mass is 9.82. The van der Waals surface area contributed by atoms with Crippen LogP contribution in [0.25, 0.3) is 0 Å². The zero-order valence-electron chi connectivity index (χ0n) is 17.8. The number of fused-ring (bicyclic) bond motifs is 1. The van der Waals surface area contributed by atoms with E-state index in [0.29, 0.717) is 25.6 Å². The Labute approximate surface area is 183 Å². The lowest BCUT2D eigenvalue weighted by molar-refractivity contribution is -0.123. The van der Waals surface area contributed by atoms with Crippen LogP contribution in [0.1, 0.15) is 42.7 Å². The second kappa shape index (κ2) is 9.92. The molecule has 2 unspecified atom stereocenters. The maximum absolute atomic E-state index is 12.8. The molecule has 2 aliphatic rings. The number of pyridine rings is 1. The lowest BCUT2D eigenvalue weighted by Gasteiger charge is -2.35. The highest BCUT2D eigenvalue weighted by Gasteiger charge is 2.29. The zero-order chi connectivity index (χ0) is 21.6. The number of carbonyl (C=O) groups is 2. The molecule has 1 aromatic carbocycles. The minimum absolute atomic E-state index is 0.0733. The van der Waals surface area contributed by atoms with Crippen LogP contribution < -0.4 is 16.4 Å². The van der Waals surface area contributed by atoms with Crippen molar-refractivity contribution in [1.29, 1.82) is 0 Å². The highest BCUT2D eigenvalue weighted by atomic mass is 16.2. The van der Waals surface area contributed by atoms with Crippen LogP contribution in [-0.2, 0) is 11.2 Å². The van der Waals surface area contributed by atoms with Crippen LogP contribution >= 0.6 is 0 Å². The Balaban J connectivity index is 1.23. The van der Waals surface area contributed by atoms with Crippen molar-refractivity contribution in [2.75, 3.05) is 25.0 Å². The molecule has 1 aromatic heterocycles. The normalized spacial score (nSPS) is 19.9. The number of nitrogens with zero attached hydrogens (tertiary/aromatic N) is 2. The van der Waals surface area contributed by atoms with Crippen molar-refractivity contribution in [3.63, 3.8) is 0 Å². The highest BCUT2D eigenvalue weighted by Crippen LogP contribution is 2.31. The molecule has 4 rings (SSSR count). The molecule has 4 N–H and O–H groups in total. The van der Waals surface area contributed by atoms with Gasteiger partial charge in [0, 0.05) is 43.8 Å². The number of nitrogens with one attached hydrogen (secondary N) is 2. The third-order valence-electron chi connectivity index (χ3n) is 6.56. The first-order valence-corrected chi connectivity index (χ1v) is 11.2. The minimum atomic E-state index is -0.104. The van der Waals surface area contributed by atoms with E-state index in [2.05, 4.69) is 27.8 Å². The van der Waals surface area contributed by atoms with E-state index in [9.17, 15) is 9.59 Å². The number of aromatic nitrogens is 1. The number of benzene rings is 1. The van der Waals surface area contributed by atoms with Crippen LogP contribution in [0.5, 0.6) is 0 Å². The number of nitrogens with two attached hydrogens (primary N) is 1. The molecule has 0 radical (unpaired) electrons. The first kappa shape index (κ1) is 21.3. The number of piperidine rings is 1. The molecule has 2 aromatic rings. The van der Waals surface area contributed by atoms with Gasteiger partial charge in [-0.05, 0) is 61.3 Å².